The first-order valence-corrected chi connectivity index (χ1v) is 7.40. The van der Waals surface area contributed by atoms with E-state index in [1.54, 1.807) is 12.0 Å². The second kappa shape index (κ2) is 6.76. The summed E-state index contributed by atoms with van der Waals surface area (Å²) in [5.74, 6) is 0.545. The second-order valence-electron chi connectivity index (χ2n) is 6.97. The van der Waals surface area contributed by atoms with Crippen molar-refractivity contribution in [3.63, 3.8) is 0 Å². The Morgan fingerprint density at radius 1 is 1.25 bits per heavy atom. The van der Waals surface area contributed by atoms with Crippen LogP contribution in [0.1, 0.15) is 41.5 Å². The summed E-state index contributed by atoms with van der Waals surface area (Å²) >= 11 is 0. The third kappa shape index (κ3) is 4.94. The molecular weight excluding hydrogens is 256 g/mol. The van der Waals surface area contributed by atoms with Crippen LogP contribution in [0.4, 0.5) is 4.79 Å². The van der Waals surface area contributed by atoms with Gasteiger partial charge in [0.05, 0.1) is 18.7 Å². The number of carbonyl (C=O) groups is 1. The largest absolute Gasteiger partial charge is 0.444 e. The molecule has 118 valence electrons. The molecule has 1 heterocycles. The van der Waals surface area contributed by atoms with Crippen LogP contribution in [0.3, 0.4) is 0 Å². The number of carbonyl (C=O) groups excluding carboxylic acids is 1. The highest BCUT2D eigenvalue weighted by atomic mass is 16.6. The van der Waals surface area contributed by atoms with E-state index in [2.05, 4.69) is 26.1 Å². The fourth-order valence-corrected chi connectivity index (χ4v) is 2.18. The fourth-order valence-electron chi connectivity index (χ4n) is 2.18. The fraction of sp³-hybridized carbons (Fsp3) is 0.933. The van der Waals surface area contributed by atoms with Crippen molar-refractivity contribution in [1.82, 2.24) is 10.2 Å². The lowest BCUT2D eigenvalue weighted by molar-refractivity contribution is 0.0252. The van der Waals surface area contributed by atoms with Crippen LogP contribution in [0.15, 0.2) is 0 Å². The quantitative estimate of drug-likeness (QED) is 0.861. The van der Waals surface area contributed by atoms with Gasteiger partial charge in [-0.1, -0.05) is 13.8 Å². The van der Waals surface area contributed by atoms with Gasteiger partial charge in [-0.3, -0.25) is 0 Å². The van der Waals surface area contributed by atoms with Gasteiger partial charge in [0.25, 0.3) is 0 Å². The Morgan fingerprint density at radius 2 is 1.85 bits per heavy atom. The molecule has 0 aromatic rings. The molecule has 0 aromatic heterocycles. The van der Waals surface area contributed by atoms with E-state index >= 15 is 0 Å². The molecule has 0 aliphatic carbocycles. The monoisotopic (exact) mass is 286 g/mol. The van der Waals surface area contributed by atoms with Crippen molar-refractivity contribution in [3.8, 4) is 0 Å². The lowest BCUT2D eigenvalue weighted by Gasteiger charge is -2.26. The van der Waals surface area contributed by atoms with Gasteiger partial charge in [-0.15, -0.1) is 0 Å². The first-order valence-electron chi connectivity index (χ1n) is 7.40. The van der Waals surface area contributed by atoms with Crippen LogP contribution in [0.5, 0.6) is 0 Å². The molecule has 1 amide bonds. The number of hydrogen-bond donors (Lipinski definition) is 1. The van der Waals surface area contributed by atoms with Crippen molar-refractivity contribution < 1.29 is 14.3 Å². The Morgan fingerprint density at radius 3 is 2.30 bits per heavy atom. The van der Waals surface area contributed by atoms with E-state index in [-0.39, 0.29) is 18.2 Å². The van der Waals surface area contributed by atoms with Crippen molar-refractivity contribution in [3.05, 3.63) is 0 Å². The number of nitrogens with one attached hydrogen (secondary N) is 1. The SMILES string of the molecule is CO[C@H]1CN(C(=O)OC(C)(C)C)CC1NC(C)C(C)C. The summed E-state index contributed by atoms with van der Waals surface area (Å²) < 4.78 is 10.9. The van der Waals surface area contributed by atoms with Crippen LogP contribution in [0, 0.1) is 5.92 Å². The first kappa shape index (κ1) is 17.2. The number of likely N-dealkylation sites (tertiary alicyclic amines) is 1. The minimum atomic E-state index is -0.462. The topological polar surface area (TPSA) is 50.8 Å². The Labute approximate surface area is 123 Å². The van der Waals surface area contributed by atoms with Gasteiger partial charge in [-0.2, -0.15) is 0 Å². The summed E-state index contributed by atoms with van der Waals surface area (Å²) in [6.07, 6.45) is -0.246. The average molecular weight is 286 g/mol. The summed E-state index contributed by atoms with van der Waals surface area (Å²) in [5.41, 5.74) is -0.462. The smallest absolute Gasteiger partial charge is 0.410 e. The molecule has 1 aliphatic heterocycles. The van der Waals surface area contributed by atoms with Gasteiger partial charge in [0, 0.05) is 19.7 Å². The molecule has 20 heavy (non-hydrogen) atoms. The van der Waals surface area contributed by atoms with Crippen LogP contribution in [0.25, 0.3) is 0 Å². The van der Waals surface area contributed by atoms with Gasteiger partial charge in [-0.25, -0.2) is 4.79 Å². The molecule has 0 saturated carbocycles. The van der Waals surface area contributed by atoms with E-state index < -0.39 is 5.60 Å². The molecular formula is C15H30N2O3. The Hall–Kier alpha value is -0.810. The van der Waals surface area contributed by atoms with Crippen molar-refractivity contribution in [2.75, 3.05) is 20.2 Å². The van der Waals surface area contributed by atoms with E-state index in [9.17, 15) is 4.79 Å². The van der Waals surface area contributed by atoms with Gasteiger partial charge in [0.1, 0.15) is 5.60 Å². The normalized spacial score (nSPS) is 25.1. The number of rotatable bonds is 4. The van der Waals surface area contributed by atoms with Gasteiger partial charge in [0.15, 0.2) is 0 Å². The molecule has 0 bridgehead atoms. The third-order valence-electron chi connectivity index (χ3n) is 3.70. The second-order valence-corrected chi connectivity index (χ2v) is 6.97. The van der Waals surface area contributed by atoms with E-state index in [0.717, 1.165) is 0 Å². The zero-order valence-corrected chi connectivity index (χ0v) is 13.9. The van der Waals surface area contributed by atoms with E-state index in [4.69, 9.17) is 9.47 Å². The van der Waals surface area contributed by atoms with Crippen LogP contribution in [-0.2, 0) is 9.47 Å². The molecule has 1 N–H and O–H groups in total. The molecule has 5 nitrogen and oxygen atoms in total. The molecule has 1 aliphatic rings. The van der Waals surface area contributed by atoms with Crippen molar-refractivity contribution in [1.29, 1.82) is 0 Å². The standard InChI is InChI=1S/C15H30N2O3/c1-10(2)11(3)16-12-8-17(9-13(12)19-7)14(18)20-15(4,5)6/h10-13,16H,8-9H2,1-7H3/t11?,12?,13-/m0/s1. The van der Waals surface area contributed by atoms with Gasteiger partial charge in [-0.05, 0) is 33.6 Å². The molecule has 0 radical (unpaired) electrons. The Balaban J connectivity index is 2.61. The predicted molar refractivity (Wildman–Crippen MR) is 79.8 cm³/mol. The zero-order chi connectivity index (χ0) is 15.5. The van der Waals surface area contributed by atoms with Gasteiger partial charge in [0.2, 0.25) is 0 Å². The van der Waals surface area contributed by atoms with Crippen LogP contribution >= 0.6 is 0 Å². The van der Waals surface area contributed by atoms with Crippen molar-refractivity contribution in [2.24, 2.45) is 5.92 Å². The van der Waals surface area contributed by atoms with E-state index in [1.807, 2.05) is 20.8 Å². The third-order valence-corrected chi connectivity index (χ3v) is 3.70. The minimum Gasteiger partial charge on any atom is -0.444 e. The maximum atomic E-state index is 12.1. The number of amides is 1. The molecule has 3 atom stereocenters. The summed E-state index contributed by atoms with van der Waals surface area (Å²) in [4.78, 5) is 13.8. The minimum absolute atomic E-state index is 0.0173. The molecule has 2 unspecified atom stereocenters. The summed E-state index contributed by atoms with van der Waals surface area (Å²) in [6, 6.07) is 0.543. The number of hydrogen-bond acceptors (Lipinski definition) is 4. The molecule has 1 saturated heterocycles. The van der Waals surface area contributed by atoms with Gasteiger partial charge >= 0.3 is 6.09 Å². The number of methoxy groups -OCH3 is 1. The van der Waals surface area contributed by atoms with Crippen LogP contribution in [0.2, 0.25) is 0 Å². The van der Waals surface area contributed by atoms with Crippen molar-refractivity contribution in [2.45, 2.75) is 65.3 Å². The number of nitrogens with zero attached hydrogens (tertiary/aromatic N) is 1. The maximum Gasteiger partial charge on any atom is 0.410 e. The van der Waals surface area contributed by atoms with Crippen LogP contribution in [-0.4, -0.2) is 55.0 Å². The predicted octanol–water partition coefficient (Wildman–Crippen LogP) is 2.25. The van der Waals surface area contributed by atoms with E-state index in [0.29, 0.717) is 25.0 Å². The average Bonchev–Trinajstić information content (AvgIpc) is 2.69. The highest BCUT2D eigenvalue weighted by Gasteiger charge is 2.37. The van der Waals surface area contributed by atoms with Crippen molar-refractivity contribution >= 4 is 6.09 Å². The van der Waals surface area contributed by atoms with Gasteiger partial charge < -0.3 is 19.7 Å². The molecule has 0 spiro atoms. The Kier molecular flexibility index (Phi) is 5.83. The lowest BCUT2D eigenvalue weighted by Crippen LogP contribution is -2.46. The molecule has 1 fully saturated rings. The highest BCUT2D eigenvalue weighted by molar-refractivity contribution is 5.68. The molecule has 0 aromatic carbocycles. The molecule has 5 heteroatoms. The summed E-state index contributed by atoms with van der Waals surface area (Å²) in [6.45, 7) is 13.4. The highest BCUT2D eigenvalue weighted by Crippen LogP contribution is 2.18. The Bertz CT molecular complexity index is 326. The van der Waals surface area contributed by atoms with E-state index in [1.165, 1.54) is 0 Å². The lowest BCUT2D eigenvalue weighted by atomic mass is 10.0. The number of ether oxygens (including phenoxy) is 2. The summed E-state index contributed by atoms with van der Waals surface area (Å²) in [7, 11) is 1.69. The maximum absolute atomic E-state index is 12.1. The molecule has 1 rings (SSSR count). The first-order chi connectivity index (χ1) is 9.14. The zero-order valence-electron chi connectivity index (χ0n) is 13.9. The summed E-state index contributed by atoms with van der Waals surface area (Å²) in [5, 5.41) is 3.55. The van der Waals surface area contributed by atoms with Crippen LogP contribution < -0.4 is 5.32 Å².